The zero-order valence-corrected chi connectivity index (χ0v) is 15.8. The number of aryl methyl sites for hydroxylation is 1. The van der Waals surface area contributed by atoms with Gasteiger partial charge in [-0.15, -0.1) is 0 Å². The Morgan fingerprint density at radius 3 is 2.79 bits per heavy atom. The van der Waals surface area contributed by atoms with Crippen molar-refractivity contribution in [2.45, 2.75) is 25.9 Å². The van der Waals surface area contributed by atoms with Gasteiger partial charge in [0.25, 0.3) is 5.56 Å². The van der Waals surface area contributed by atoms with Crippen molar-refractivity contribution in [1.82, 2.24) is 24.8 Å². The van der Waals surface area contributed by atoms with Crippen LogP contribution >= 0.6 is 0 Å². The number of rotatable bonds is 7. The number of nitrogens with one attached hydrogen (secondary N) is 2. The molecule has 0 saturated heterocycles. The number of H-pyrrole nitrogens is 1. The number of hydrogen-bond acceptors (Lipinski definition) is 4. The van der Waals surface area contributed by atoms with E-state index in [0.717, 1.165) is 16.7 Å². The van der Waals surface area contributed by atoms with Crippen LogP contribution in [0.5, 0.6) is 0 Å². The molecular weight excluding hydrogens is 366 g/mol. The monoisotopic (exact) mass is 387 g/mol. The number of carbonyl (C=O) groups excluding carboxylic acids is 1. The molecule has 7 heteroatoms. The molecule has 4 rings (SSSR count). The summed E-state index contributed by atoms with van der Waals surface area (Å²) in [5.41, 5.74) is 3.77. The second kappa shape index (κ2) is 8.52. The zero-order chi connectivity index (χ0) is 20.1. The Morgan fingerprint density at radius 1 is 1.14 bits per heavy atom. The van der Waals surface area contributed by atoms with E-state index in [9.17, 15) is 9.59 Å². The lowest BCUT2D eigenvalue weighted by atomic mass is 10.1. The number of nitrogens with zero attached hydrogens (tertiary/aromatic N) is 3. The van der Waals surface area contributed by atoms with Gasteiger partial charge in [-0.1, -0.05) is 36.4 Å². The summed E-state index contributed by atoms with van der Waals surface area (Å²) in [4.78, 5) is 35.7. The second-order valence-electron chi connectivity index (χ2n) is 6.77. The van der Waals surface area contributed by atoms with Crippen LogP contribution in [0.15, 0.2) is 72.2 Å². The van der Waals surface area contributed by atoms with E-state index in [4.69, 9.17) is 0 Å². The largest absolute Gasteiger partial charge is 0.352 e. The second-order valence-corrected chi connectivity index (χ2v) is 6.77. The first-order valence-corrected chi connectivity index (χ1v) is 9.50. The van der Waals surface area contributed by atoms with Gasteiger partial charge in [0, 0.05) is 49.2 Å². The predicted molar refractivity (Wildman–Crippen MR) is 111 cm³/mol. The molecular formula is C22H21N5O2. The number of fused-ring (bicyclic) bond motifs is 1. The number of hydrogen-bond donors (Lipinski definition) is 2. The van der Waals surface area contributed by atoms with E-state index in [1.54, 1.807) is 12.4 Å². The molecule has 0 radical (unpaired) electrons. The summed E-state index contributed by atoms with van der Waals surface area (Å²) in [7, 11) is 0. The maximum atomic E-state index is 12.4. The van der Waals surface area contributed by atoms with Gasteiger partial charge in [-0.3, -0.25) is 14.6 Å². The first-order valence-electron chi connectivity index (χ1n) is 9.50. The summed E-state index contributed by atoms with van der Waals surface area (Å²) in [6.45, 7) is 1.06. The van der Waals surface area contributed by atoms with Crippen LogP contribution in [0.4, 0.5) is 0 Å². The van der Waals surface area contributed by atoms with Gasteiger partial charge in [-0.05, 0) is 18.1 Å². The van der Waals surface area contributed by atoms with E-state index in [1.807, 2.05) is 53.2 Å². The van der Waals surface area contributed by atoms with Gasteiger partial charge in [0.15, 0.2) is 0 Å². The Labute approximate surface area is 167 Å². The number of pyridine rings is 1. The van der Waals surface area contributed by atoms with Crippen LogP contribution in [0.2, 0.25) is 0 Å². The van der Waals surface area contributed by atoms with Crippen molar-refractivity contribution >= 4 is 16.9 Å². The molecule has 3 heterocycles. The molecule has 3 aromatic heterocycles. The maximum Gasteiger partial charge on any atom is 0.275 e. The standard InChI is InChI=1S/C22H21N5O2/c28-19(24-12-16-6-2-1-3-7-16)9-5-11-27-14-18(17-8-4-10-23-13-17)20-21(27)22(29)26-15-25-20/h1-4,6-8,10,13-15H,5,9,11-12H2,(H,24,28)(H,25,26,29). The molecule has 0 atom stereocenters. The molecule has 146 valence electrons. The Balaban J connectivity index is 1.46. The van der Waals surface area contributed by atoms with Crippen LogP contribution < -0.4 is 10.9 Å². The smallest absolute Gasteiger partial charge is 0.275 e. The highest BCUT2D eigenvalue weighted by Gasteiger charge is 2.14. The van der Waals surface area contributed by atoms with Gasteiger partial charge in [-0.25, -0.2) is 4.98 Å². The highest BCUT2D eigenvalue weighted by molar-refractivity contribution is 5.92. The van der Waals surface area contributed by atoms with Gasteiger partial charge < -0.3 is 14.9 Å². The van der Waals surface area contributed by atoms with Crippen molar-refractivity contribution in [3.05, 3.63) is 83.3 Å². The summed E-state index contributed by atoms with van der Waals surface area (Å²) in [5.74, 6) is -0.00941. The first kappa shape index (κ1) is 18.6. The van der Waals surface area contributed by atoms with Crippen molar-refractivity contribution in [3.63, 3.8) is 0 Å². The molecule has 1 amide bonds. The molecule has 0 fully saturated rings. The quantitative estimate of drug-likeness (QED) is 0.510. The van der Waals surface area contributed by atoms with Crippen LogP contribution in [0, 0.1) is 0 Å². The number of benzene rings is 1. The van der Waals surface area contributed by atoms with Crippen LogP contribution in [0.25, 0.3) is 22.2 Å². The number of amides is 1. The minimum absolute atomic E-state index is 0.00941. The Kier molecular flexibility index (Phi) is 5.47. The molecule has 0 aliphatic heterocycles. The molecule has 0 saturated carbocycles. The summed E-state index contributed by atoms with van der Waals surface area (Å²) in [6.07, 6.45) is 7.77. The van der Waals surface area contributed by atoms with Gasteiger partial charge >= 0.3 is 0 Å². The van der Waals surface area contributed by atoms with Gasteiger partial charge in [-0.2, -0.15) is 0 Å². The van der Waals surface area contributed by atoms with E-state index in [1.165, 1.54) is 6.33 Å². The van der Waals surface area contributed by atoms with Crippen molar-refractivity contribution in [2.24, 2.45) is 0 Å². The fourth-order valence-electron chi connectivity index (χ4n) is 3.34. The molecule has 0 spiro atoms. The lowest BCUT2D eigenvalue weighted by Crippen LogP contribution is -2.22. The molecule has 0 aliphatic rings. The minimum Gasteiger partial charge on any atom is -0.352 e. The number of aromatic amines is 1. The normalized spacial score (nSPS) is 10.9. The SMILES string of the molecule is O=C(CCCn1cc(-c2cccnc2)c2nc[nH]c(=O)c21)NCc1ccccc1. The average molecular weight is 387 g/mol. The highest BCUT2D eigenvalue weighted by Crippen LogP contribution is 2.27. The van der Waals surface area contributed by atoms with Gasteiger partial charge in [0.1, 0.15) is 11.0 Å². The van der Waals surface area contributed by atoms with E-state index >= 15 is 0 Å². The fourth-order valence-corrected chi connectivity index (χ4v) is 3.34. The molecule has 29 heavy (non-hydrogen) atoms. The summed E-state index contributed by atoms with van der Waals surface area (Å²) in [6, 6.07) is 13.6. The lowest BCUT2D eigenvalue weighted by Gasteiger charge is -2.06. The van der Waals surface area contributed by atoms with Crippen molar-refractivity contribution in [1.29, 1.82) is 0 Å². The molecule has 0 bridgehead atoms. The third-order valence-electron chi connectivity index (χ3n) is 4.76. The molecule has 0 unspecified atom stereocenters. The van der Waals surface area contributed by atoms with E-state index in [2.05, 4.69) is 20.3 Å². The van der Waals surface area contributed by atoms with Gasteiger partial charge in [0.2, 0.25) is 5.91 Å². The maximum absolute atomic E-state index is 12.4. The zero-order valence-electron chi connectivity index (χ0n) is 15.8. The molecule has 4 aromatic rings. The highest BCUT2D eigenvalue weighted by atomic mass is 16.1. The molecule has 2 N–H and O–H groups in total. The van der Waals surface area contributed by atoms with Crippen molar-refractivity contribution in [3.8, 4) is 11.1 Å². The van der Waals surface area contributed by atoms with Gasteiger partial charge in [0.05, 0.1) is 6.33 Å². The van der Waals surface area contributed by atoms with Crippen LogP contribution in [0.3, 0.4) is 0 Å². The van der Waals surface area contributed by atoms with Crippen molar-refractivity contribution < 1.29 is 4.79 Å². The predicted octanol–water partition coefficient (Wildman–Crippen LogP) is 2.88. The Morgan fingerprint density at radius 2 is 2.00 bits per heavy atom. The number of aromatic nitrogens is 4. The van der Waals surface area contributed by atoms with Crippen molar-refractivity contribution in [2.75, 3.05) is 0 Å². The molecule has 0 aliphatic carbocycles. The Hall–Kier alpha value is -3.74. The topological polar surface area (TPSA) is 92.7 Å². The Bertz CT molecular complexity index is 1170. The molecule has 7 nitrogen and oxygen atoms in total. The van der Waals surface area contributed by atoms with Crippen LogP contribution in [-0.2, 0) is 17.9 Å². The lowest BCUT2D eigenvalue weighted by molar-refractivity contribution is -0.121. The minimum atomic E-state index is -0.196. The van der Waals surface area contributed by atoms with Crippen LogP contribution in [0.1, 0.15) is 18.4 Å². The summed E-state index contributed by atoms with van der Waals surface area (Å²) >= 11 is 0. The fraction of sp³-hybridized carbons (Fsp3) is 0.182. The summed E-state index contributed by atoms with van der Waals surface area (Å²) < 4.78 is 1.87. The van der Waals surface area contributed by atoms with Crippen LogP contribution in [-0.4, -0.2) is 25.4 Å². The third-order valence-corrected chi connectivity index (χ3v) is 4.76. The first-order chi connectivity index (χ1) is 14.2. The summed E-state index contributed by atoms with van der Waals surface area (Å²) in [5, 5.41) is 2.93. The molecule has 1 aromatic carbocycles. The van der Waals surface area contributed by atoms with E-state index in [-0.39, 0.29) is 11.5 Å². The average Bonchev–Trinajstić information content (AvgIpc) is 3.14. The van der Waals surface area contributed by atoms with E-state index < -0.39 is 0 Å². The number of carbonyl (C=O) groups is 1. The van der Waals surface area contributed by atoms with E-state index in [0.29, 0.717) is 37.0 Å². The third kappa shape index (κ3) is 4.24.